The van der Waals surface area contributed by atoms with Crippen LogP contribution in [0.1, 0.15) is 29.2 Å². The zero-order chi connectivity index (χ0) is 19.7. The summed E-state index contributed by atoms with van der Waals surface area (Å²) < 4.78 is 27.9. The fraction of sp³-hybridized carbons (Fsp3) is 0.136. The molecule has 4 rings (SSSR count). The third-order valence-electron chi connectivity index (χ3n) is 4.81. The maximum absolute atomic E-state index is 13.3. The summed E-state index contributed by atoms with van der Waals surface area (Å²) in [7, 11) is -3.80. The standard InChI is InChI=1S/C22H19ClN2O2S/c1-16-11-13-17(14-12-16)22-15-21(19-9-5-6-10-20(19)23)24-25(22)28(26,27)18-7-3-2-4-8-18/h2-14,22H,15H2,1H3/t22-/m0/s1. The van der Waals surface area contributed by atoms with E-state index in [2.05, 4.69) is 5.10 Å². The molecule has 0 unspecified atom stereocenters. The molecule has 0 bridgehead atoms. The van der Waals surface area contributed by atoms with Gasteiger partial charge in [0.15, 0.2) is 0 Å². The summed E-state index contributed by atoms with van der Waals surface area (Å²) in [6, 6.07) is 23.2. The quantitative estimate of drug-likeness (QED) is 0.594. The summed E-state index contributed by atoms with van der Waals surface area (Å²) in [5.41, 5.74) is 3.44. The van der Waals surface area contributed by atoms with Gasteiger partial charge >= 0.3 is 0 Å². The molecule has 0 aliphatic carbocycles. The number of benzene rings is 3. The maximum Gasteiger partial charge on any atom is 0.279 e. The molecule has 0 saturated carbocycles. The Bertz CT molecular complexity index is 1130. The summed E-state index contributed by atoms with van der Waals surface area (Å²) in [6.45, 7) is 2.00. The van der Waals surface area contributed by atoms with E-state index >= 15 is 0 Å². The first kappa shape index (κ1) is 18.7. The van der Waals surface area contributed by atoms with Crippen LogP contribution in [-0.4, -0.2) is 18.5 Å². The summed E-state index contributed by atoms with van der Waals surface area (Å²) >= 11 is 6.35. The van der Waals surface area contributed by atoms with Gasteiger partial charge < -0.3 is 0 Å². The Balaban J connectivity index is 1.82. The zero-order valence-electron chi connectivity index (χ0n) is 15.3. The first-order valence-electron chi connectivity index (χ1n) is 8.95. The fourth-order valence-corrected chi connectivity index (χ4v) is 5.00. The van der Waals surface area contributed by atoms with Crippen LogP contribution < -0.4 is 0 Å². The zero-order valence-corrected chi connectivity index (χ0v) is 16.9. The fourth-order valence-electron chi connectivity index (χ4n) is 3.31. The van der Waals surface area contributed by atoms with Crippen molar-refractivity contribution in [2.24, 2.45) is 5.10 Å². The molecule has 1 aliphatic heterocycles. The van der Waals surface area contributed by atoms with Crippen molar-refractivity contribution in [1.29, 1.82) is 0 Å². The topological polar surface area (TPSA) is 49.7 Å². The van der Waals surface area contributed by atoms with Crippen LogP contribution in [0.15, 0.2) is 88.9 Å². The van der Waals surface area contributed by atoms with Crippen LogP contribution in [-0.2, 0) is 10.0 Å². The Kier molecular flexibility index (Phi) is 4.96. The van der Waals surface area contributed by atoms with E-state index in [1.165, 1.54) is 4.41 Å². The van der Waals surface area contributed by atoms with Crippen molar-refractivity contribution in [1.82, 2.24) is 4.41 Å². The lowest BCUT2D eigenvalue weighted by molar-refractivity contribution is 0.371. The largest absolute Gasteiger partial charge is 0.279 e. The van der Waals surface area contributed by atoms with Gasteiger partial charge in [-0.3, -0.25) is 0 Å². The molecule has 0 aromatic heterocycles. The summed E-state index contributed by atoms with van der Waals surface area (Å²) in [5.74, 6) is 0. The number of halogens is 1. The predicted octanol–water partition coefficient (Wildman–Crippen LogP) is 5.19. The van der Waals surface area contributed by atoms with Crippen LogP contribution in [0.2, 0.25) is 5.02 Å². The van der Waals surface area contributed by atoms with Crippen molar-refractivity contribution in [3.63, 3.8) is 0 Å². The Morgan fingerprint density at radius 2 is 1.57 bits per heavy atom. The van der Waals surface area contributed by atoms with Gasteiger partial charge in [0.05, 0.1) is 16.6 Å². The number of nitrogens with zero attached hydrogens (tertiary/aromatic N) is 2. The third kappa shape index (κ3) is 3.43. The van der Waals surface area contributed by atoms with E-state index in [0.29, 0.717) is 17.2 Å². The number of rotatable bonds is 4. The molecule has 142 valence electrons. The van der Waals surface area contributed by atoms with Gasteiger partial charge in [-0.25, -0.2) is 0 Å². The molecule has 0 amide bonds. The number of hydrogen-bond acceptors (Lipinski definition) is 3. The second kappa shape index (κ2) is 7.41. The minimum atomic E-state index is -3.80. The molecule has 0 spiro atoms. The van der Waals surface area contributed by atoms with Gasteiger partial charge in [0.2, 0.25) is 0 Å². The van der Waals surface area contributed by atoms with Crippen molar-refractivity contribution < 1.29 is 8.42 Å². The highest BCUT2D eigenvalue weighted by molar-refractivity contribution is 7.89. The van der Waals surface area contributed by atoms with E-state index in [0.717, 1.165) is 16.7 Å². The van der Waals surface area contributed by atoms with E-state index in [4.69, 9.17) is 11.6 Å². The molecule has 0 radical (unpaired) electrons. The van der Waals surface area contributed by atoms with E-state index < -0.39 is 16.1 Å². The average Bonchev–Trinajstić information content (AvgIpc) is 3.15. The highest BCUT2D eigenvalue weighted by Gasteiger charge is 2.38. The summed E-state index contributed by atoms with van der Waals surface area (Å²) in [5, 5.41) is 5.08. The Labute approximate surface area is 170 Å². The van der Waals surface area contributed by atoms with Crippen LogP contribution in [0.3, 0.4) is 0 Å². The normalized spacial score (nSPS) is 16.9. The lowest BCUT2D eigenvalue weighted by Gasteiger charge is -2.23. The second-order valence-electron chi connectivity index (χ2n) is 6.75. The molecule has 3 aromatic rings. The van der Waals surface area contributed by atoms with Crippen molar-refractivity contribution in [2.45, 2.75) is 24.3 Å². The molecular weight excluding hydrogens is 392 g/mol. The highest BCUT2D eigenvalue weighted by atomic mass is 35.5. The first-order chi connectivity index (χ1) is 13.5. The first-order valence-corrected chi connectivity index (χ1v) is 10.8. The van der Waals surface area contributed by atoms with Gasteiger partial charge in [-0.1, -0.05) is 77.8 Å². The molecule has 6 heteroatoms. The van der Waals surface area contributed by atoms with E-state index in [1.807, 2.05) is 49.4 Å². The van der Waals surface area contributed by atoms with Gasteiger partial charge in [0.1, 0.15) is 0 Å². The molecule has 0 saturated heterocycles. The number of hydrazone groups is 1. The monoisotopic (exact) mass is 410 g/mol. The third-order valence-corrected chi connectivity index (χ3v) is 6.83. The molecular formula is C22H19ClN2O2S. The van der Waals surface area contributed by atoms with Gasteiger partial charge in [0, 0.05) is 17.0 Å². The van der Waals surface area contributed by atoms with Crippen LogP contribution in [0.4, 0.5) is 0 Å². The number of sulfonamides is 1. The van der Waals surface area contributed by atoms with E-state index in [9.17, 15) is 8.42 Å². The molecule has 1 heterocycles. The Morgan fingerprint density at radius 3 is 2.25 bits per heavy atom. The molecule has 0 fully saturated rings. The summed E-state index contributed by atoms with van der Waals surface area (Å²) in [6.07, 6.45) is 0.457. The van der Waals surface area contributed by atoms with Crippen LogP contribution in [0.25, 0.3) is 0 Å². The predicted molar refractivity (Wildman–Crippen MR) is 112 cm³/mol. The van der Waals surface area contributed by atoms with E-state index in [-0.39, 0.29) is 4.90 Å². The molecule has 28 heavy (non-hydrogen) atoms. The number of hydrogen-bond donors (Lipinski definition) is 0. The van der Waals surface area contributed by atoms with E-state index in [1.54, 1.807) is 36.4 Å². The Morgan fingerprint density at radius 1 is 0.929 bits per heavy atom. The van der Waals surface area contributed by atoms with Gasteiger partial charge in [-0.05, 0) is 30.7 Å². The van der Waals surface area contributed by atoms with Crippen LogP contribution in [0.5, 0.6) is 0 Å². The molecule has 4 nitrogen and oxygen atoms in total. The lowest BCUT2D eigenvalue weighted by atomic mass is 9.98. The van der Waals surface area contributed by atoms with Gasteiger partial charge in [-0.15, -0.1) is 0 Å². The highest BCUT2D eigenvalue weighted by Crippen LogP contribution is 2.38. The van der Waals surface area contributed by atoms with Crippen molar-refractivity contribution >= 4 is 27.3 Å². The van der Waals surface area contributed by atoms with Crippen LogP contribution >= 0.6 is 11.6 Å². The number of aryl methyl sites for hydroxylation is 1. The molecule has 0 N–H and O–H groups in total. The average molecular weight is 411 g/mol. The minimum Gasteiger partial charge on any atom is -0.200 e. The maximum atomic E-state index is 13.3. The minimum absolute atomic E-state index is 0.219. The SMILES string of the molecule is Cc1ccc([C@@H]2CC(c3ccccc3Cl)=NN2S(=O)(=O)c2ccccc2)cc1. The smallest absolute Gasteiger partial charge is 0.200 e. The van der Waals surface area contributed by atoms with Crippen LogP contribution in [0, 0.1) is 6.92 Å². The van der Waals surface area contributed by atoms with Gasteiger partial charge in [0.25, 0.3) is 10.0 Å². The van der Waals surface area contributed by atoms with Gasteiger partial charge in [-0.2, -0.15) is 17.9 Å². The molecule has 1 atom stereocenters. The lowest BCUT2D eigenvalue weighted by Crippen LogP contribution is -2.27. The van der Waals surface area contributed by atoms with Crippen molar-refractivity contribution in [2.75, 3.05) is 0 Å². The van der Waals surface area contributed by atoms with Crippen molar-refractivity contribution in [3.8, 4) is 0 Å². The molecule has 1 aliphatic rings. The van der Waals surface area contributed by atoms with Crippen molar-refractivity contribution in [3.05, 3.63) is 101 Å². The summed E-state index contributed by atoms with van der Waals surface area (Å²) in [4.78, 5) is 0.219. The Hall–Kier alpha value is -2.63. The second-order valence-corrected chi connectivity index (χ2v) is 8.95. The molecule has 3 aromatic carbocycles.